The summed E-state index contributed by atoms with van der Waals surface area (Å²) in [5.74, 6) is 0.0458. The van der Waals surface area contributed by atoms with Crippen molar-refractivity contribution in [2.24, 2.45) is 0 Å². The Kier molecular flexibility index (Phi) is 3.89. The maximum absolute atomic E-state index is 12.0. The number of aromatic amines is 1. The first-order valence-corrected chi connectivity index (χ1v) is 6.90. The van der Waals surface area contributed by atoms with E-state index in [9.17, 15) is 4.79 Å². The molecule has 7 nitrogen and oxygen atoms in total. The number of rotatable bonds is 4. The number of nitriles is 1. The average molecular weight is 307 g/mol. The molecule has 2 aromatic heterocycles. The number of aromatic nitrogens is 3. The van der Waals surface area contributed by atoms with Gasteiger partial charge in [-0.15, -0.1) is 0 Å². The Labute approximate surface area is 131 Å². The highest BCUT2D eigenvalue weighted by Crippen LogP contribution is 2.18. The second-order valence-corrected chi connectivity index (χ2v) is 4.89. The van der Waals surface area contributed by atoms with Crippen LogP contribution in [0.4, 0.5) is 5.69 Å². The van der Waals surface area contributed by atoms with Crippen LogP contribution in [0, 0.1) is 18.3 Å². The first-order valence-electron chi connectivity index (χ1n) is 6.90. The summed E-state index contributed by atoms with van der Waals surface area (Å²) in [6.45, 7) is 1.69. The van der Waals surface area contributed by atoms with Gasteiger partial charge in [0.1, 0.15) is 11.8 Å². The summed E-state index contributed by atoms with van der Waals surface area (Å²) < 4.78 is 5.38. The second kappa shape index (κ2) is 6.15. The fourth-order valence-corrected chi connectivity index (χ4v) is 2.11. The van der Waals surface area contributed by atoms with Gasteiger partial charge in [0.15, 0.2) is 12.3 Å². The zero-order chi connectivity index (χ0) is 16.2. The molecule has 2 N–H and O–H groups in total. The van der Waals surface area contributed by atoms with Crippen molar-refractivity contribution in [3.8, 4) is 11.8 Å². The van der Waals surface area contributed by atoms with E-state index in [0.717, 1.165) is 11.1 Å². The molecule has 0 bridgehead atoms. The quantitative estimate of drug-likeness (QED) is 0.768. The first-order chi connectivity index (χ1) is 11.2. The molecule has 7 heteroatoms. The second-order valence-electron chi connectivity index (χ2n) is 4.89. The van der Waals surface area contributed by atoms with Crippen LogP contribution >= 0.6 is 0 Å². The molecule has 2 heterocycles. The third-order valence-corrected chi connectivity index (χ3v) is 3.25. The molecule has 0 aliphatic rings. The number of nitrogens with one attached hydrogen (secondary N) is 2. The van der Waals surface area contributed by atoms with Gasteiger partial charge >= 0.3 is 0 Å². The highest BCUT2D eigenvalue weighted by atomic mass is 16.5. The van der Waals surface area contributed by atoms with Crippen molar-refractivity contribution in [1.82, 2.24) is 15.2 Å². The smallest absolute Gasteiger partial charge is 0.262 e. The minimum absolute atomic E-state index is 0.193. The lowest BCUT2D eigenvalue weighted by molar-refractivity contribution is -0.118. The van der Waals surface area contributed by atoms with Gasteiger partial charge in [0.05, 0.1) is 17.4 Å². The first kappa shape index (κ1) is 14.5. The molecule has 23 heavy (non-hydrogen) atoms. The van der Waals surface area contributed by atoms with Crippen molar-refractivity contribution in [2.75, 3.05) is 11.9 Å². The maximum Gasteiger partial charge on any atom is 0.262 e. The van der Waals surface area contributed by atoms with Crippen LogP contribution in [0.1, 0.15) is 11.3 Å². The van der Waals surface area contributed by atoms with Gasteiger partial charge in [-0.05, 0) is 25.1 Å². The number of anilines is 1. The average Bonchev–Trinajstić information content (AvgIpc) is 2.94. The van der Waals surface area contributed by atoms with Crippen molar-refractivity contribution in [1.29, 1.82) is 5.26 Å². The van der Waals surface area contributed by atoms with Gasteiger partial charge in [0, 0.05) is 11.1 Å². The molecular formula is C16H13N5O2. The van der Waals surface area contributed by atoms with Gasteiger partial charge < -0.3 is 10.1 Å². The van der Waals surface area contributed by atoms with Crippen LogP contribution in [-0.2, 0) is 4.79 Å². The summed E-state index contributed by atoms with van der Waals surface area (Å²) in [6.07, 6.45) is 1.53. The van der Waals surface area contributed by atoms with Crippen LogP contribution in [0.5, 0.6) is 5.75 Å². The number of nitrogens with zero attached hydrogens (tertiary/aromatic N) is 3. The Morgan fingerprint density at radius 2 is 2.26 bits per heavy atom. The van der Waals surface area contributed by atoms with Crippen LogP contribution in [-0.4, -0.2) is 27.7 Å². The van der Waals surface area contributed by atoms with Crippen molar-refractivity contribution in [3.63, 3.8) is 0 Å². The van der Waals surface area contributed by atoms with Crippen molar-refractivity contribution in [3.05, 3.63) is 47.8 Å². The number of para-hydroxylation sites is 1. The molecule has 0 atom stereocenters. The van der Waals surface area contributed by atoms with Crippen LogP contribution in [0.2, 0.25) is 0 Å². The van der Waals surface area contributed by atoms with Crippen LogP contribution in [0.3, 0.4) is 0 Å². The molecule has 1 aromatic carbocycles. The molecular weight excluding hydrogens is 294 g/mol. The number of ether oxygens (including phenoxy) is 1. The molecule has 3 aromatic rings. The highest BCUT2D eigenvalue weighted by Gasteiger charge is 2.09. The molecule has 0 fully saturated rings. The fourth-order valence-electron chi connectivity index (χ4n) is 2.11. The van der Waals surface area contributed by atoms with Crippen molar-refractivity contribution >= 4 is 22.6 Å². The molecule has 0 saturated heterocycles. The molecule has 0 unspecified atom stereocenters. The van der Waals surface area contributed by atoms with Gasteiger partial charge in [-0.1, -0.05) is 12.1 Å². The Bertz CT molecular complexity index is 910. The minimum Gasteiger partial charge on any atom is -0.482 e. The zero-order valence-corrected chi connectivity index (χ0v) is 12.3. The van der Waals surface area contributed by atoms with E-state index in [-0.39, 0.29) is 12.5 Å². The molecule has 0 aliphatic heterocycles. The lowest BCUT2D eigenvalue weighted by Crippen LogP contribution is -2.20. The zero-order valence-electron chi connectivity index (χ0n) is 12.3. The summed E-state index contributed by atoms with van der Waals surface area (Å²) in [6, 6.07) is 10.6. The Morgan fingerprint density at radius 1 is 1.43 bits per heavy atom. The van der Waals surface area contributed by atoms with Gasteiger partial charge in [-0.25, -0.2) is 4.98 Å². The number of carbonyl (C=O) groups excluding carboxylic acids is 1. The van der Waals surface area contributed by atoms with Crippen molar-refractivity contribution < 1.29 is 9.53 Å². The number of aryl methyl sites for hydroxylation is 1. The topological polar surface area (TPSA) is 104 Å². The van der Waals surface area contributed by atoms with E-state index in [2.05, 4.69) is 20.5 Å². The molecule has 0 spiro atoms. The number of pyridine rings is 1. The van der Waals surface area contributed by atoms with E-state index in [1.807, 2.05) is 13.0 Å². The summed E-state index contributed by atoms with van der Waals surface area (Å²) in [4.78, 5) is 16.1. The normalized spacial score (nSPS) is 10.3. The number of benzene rings is 1. The summed E-state index contributed by atoms with van der Waals surface area (Å²) in [7, 11) is 0. The monoisotopic (exact) mass is 307 g/mol. The van der Waals surface area contributed by atoms with Crippen molar-refractivity contribution in [2.45, 2.75) is 6.92 Å². The Morgan fingerprint density at radius 3 is 3.09 bits per heavy atom. The SMILES string of the molecule is Cc1[nH]nc2ncc(NC(=O)COc3ccccc3C#N)cc12. The maximum atomic E-state index is 12.0. The predicted octanol–water partition coefficient (Wildman–Crippen LogP) is 2.16. The van der Waals surface area contributed by atoms with Crippen LogP contribution < -0.4 is 10.1 Å². The summed E-state index contributed by atoms with van der Waals surface area (Å²) >= 11 is 0. The largest absolute Gasteiger partial charge is 0.482 e. The molecule has 1 amide bonds. The lowest BCUT2D eigenvalue weighted by atomic mass is 10.2. The number of hydrogen-bond donors (Lipinski definition) is 2. The van der Waals surface area contributed by atoms with Gasteiger partial charge in [0.2, 0.25) is 0 Å². The standard InChI is InChI=1S/C16H13N5O2/c1-10-13-6-12(8-18-16(13)21-20-10)19-15(22)9-23-14-5-3-2-4-11(14)7-17/h2-6,8H,9H2,1H3,(H,19,22)(H,18,20,21). The predicted molar refractivity (Wildman–Crippen MR) is 83.9 cm³/mol. The fraction of sp³-hybridized carbons (Fsp3) is 0.125. The molecule has 0 aliphatic carbocycles. The van der Waals surface area contributed by atoms with Gasteiger partial charge in [-0.2, -0.15) is 10.4 Å². The number of H-pyrrole nitrogens is 1. The number of amides is 1. The third kappa shape index (κ3) is 3.11. The Balaban J connectivity index is 1.66. The summed E-state index contributed by atoms with van der Waals surface area (Å²) in [5.41, 5.74) is 2.42. The number of fused-ring (bicyclic) bond motifs is 1. The Hall–Kier alpha value is -3.40. The third-order valence-electron chi connectivity index (χ3n) is 3.25. The molecule has 0 saturated carbocycles. The van der Waals surface area contributed by atoms with Crippen LogP contribution in [0.15, 0.2) is 36.5 Å². The van der Waals surface area contributed by atoms with E-state index in [0.29, 0.717) is 22.6 Å². The highest BCUT2D eigenvalue weighted by molar-refractivity contribution is 5.93. The van der Waals surface area contributed by atoms with E-state index >= 15 is 0 Å². The summed E-state index contributed by atoms with van der Waals surface area (Å²) in [5, 5.41) is 19.4. The number of hydrogen-bond acceptors (Lipinski definition) is 5. The minimum atomic E-state index is -0.333. The molecule has 3 rings (SSSR count). The lowest BCUT2D eigenvalue weighted by Gasteiger charge is -2.08. The molecule has 114 valence electrons. The van der Waals surface area contributed by atoms with E-state index in [4.69, 9.17) is 10.00 Å². The van der Waals surface area contributed by atoms with Crippen LogP contribution in [0.25, 0.3) is 11.0 Å². The number of carbonyl (C=O) groups is 1. The van der Waals surface area contributed by atoms with Gasteiger partial charge in [-0.3, -0.25) is 9.89 Å². The van der Waals surface area contributed by atoms with E-state index in [1.165, 1.54) is 6.20 Å². The van der Waals surface area contributed by atoms with E-state index < -0.39 is 0 Å². The van der Waals surface area contributed by atoms with E-state index in [1.54, 1.807) is 30.3 Å². The molecule has 0 radical (unpaired) electrons. The van der Waals surface area contributed by atoms with Gasteiger partial charge in [0.25, 0.3) is 5.91 Å².